The third-order valence-electron chi connectivity index (χ3n) is 3.08. The second-order valence-corrected chi connectivity index (χ2v) is 4.86. The summed E-state index contributed by atoms with van der Waals surface area (Å²) < 4.78 is 5.01. The van der Waals surface area contributed by atoms with E-state index in [-0.39, 0.29) is 23.1 Å². The van der Waals surface area contributed by atoms with E-state index in [1.807, 2.05) is 0 Å². The Hall–Kier alpha value is -1.93. The van der Waals surface area contributed by atoms with Gasteiger partial charge in [0.25, 0.3) is 0 Å². The Morgan fingerprint density at radius 3 is 3.14 bits per heavy atom. The summed E-state index contributed by atoms with van der Waals surface area (Å²) in [5, 5.41) is 14.4. The van der Waals surface area contributed by atoms with E-state index < -0.39 is 16.9 Å². The molecule has 114 valence electrons. The van der Waals surface area contributed by atoms with Gasteiger partial charge in [0.15, 0.2) is 0 Å². The molecule has 2 rings (SSSR count). The van der Waals surface area contributed by atoms with E-state index in [4.69, 9.17) is 16.3 Å². The van der Waals surface area contributed by atoms with Crippen LogP contribution in [0.3, 0.4) is 0 Å². The van der Waals surface area contributed by atoms with Gasteiger partial charge in [-0.15, -0.1) is 0 Å². The Labute approximate surface area is 126 Å². The average molecular weight is 315 g/mol. The van der Waals surface area contributed by atoms with E-state index in [1.165, 1.54) is 12.3 Å². The van der Waals surface area contributed by atoms with Crippen LogP contribution in [0.15, 0.2) is 12.3 Å². The van der Waals surface area contributed by atoms with E-state index in [1.54, 1.807) is 11.8 Å². The van der Waals surface area contributed by atoms with Crippen molar-refractivity contribution in [3.8, 4) is 0 Å². The highest BCUT2D eigenvalue weighted by Crippen LogP contribution is 2.30. The molecule has 1 aromatic heterocycles. The van der Waals surface area contributed by atoms with Gasteiger partial charge in [-0.05, 0) is 6.92 Å². The quantitative estimate of drug-likeness (QED) is 0.502. The zero-order valence-corrected chi connectivity index (χ0v) is 12.2. The van der Waals surface area contributed by atoms with Gasteiger partial charge in [-0.25, -0.2) is 9.78 Å². The molecule has 0 radical (unpaired) electrons. The molecule has 1 saturated heterocycles. The summed E-state index contributed by atoms with van der Waals surface area (Å²) in [5.74, 6) is -0.306. The number of nitrogens with zero attached hydrogens (tertiary/aromatic N) is 3. The van der Waals surface area contributed by atoms with Crippen LogP contribution in [0, 0.1) is 10.1 Å². The molecule has 1 N–H and O–H groups in total. The fourth-order valence-corrected chi connectivity index (χ4v) is 2.34. The number of aromatic nitrogens is 1. The third-order valence-corrected chi connectivity index (χ3v) is 3.29. The highest BCUT2D eigenvalue weighted by atomic mass is 35.5. The van der Waals surface area contributed by atoms with Gasteiger partial charge in [0.2, 0.25) is 5.82 Å². The number of ether oxygens (including phenoxy) is 1. The van der Waals surface area contributed by atoms with Crippen molar-refractivity contribution in [1.82, 2.24) is 10.3 Å². The lowest BCUT2D eigenvalue weighted by molar-refractivity contribution is -0.384. The highest BCUT2D eigenvalue weighted by molar-refractivity contribution is 6.30. The molecule has 0 spiro atoms. The van der Waals surface area contributed by atoms with Gasteiger partial charge >= 0.3 is 11.7 Å². The number of nitro groups is 1. The van der Waals surface area contributed by atoms with Gasteiger partial charge in [-0.2, -0.15) is 0 Å². The fraction of sp³-hybridized carbons (Fsp3) is 0.500. The molecule has 1 aromatic rings. The molecular weight excluding hydrogens is 300 g/mol. The Balaban J connectivity index is 2.37. The summed E-state index contributed by atoms with van der Waals surface area (Å²) in [6.45, 7) is 3.32. The minimum atomic E-state index is -0.647. The van der Waals surface area contributed by atoms with Crippen molar-refractivity contribution >= 4 is 29.1 Å². The number of pyridine rings is 1. The Kier molecular flexibility index (Phi) is 4.92. The van der Waals surface area contributed by atoms with Gasteiger partial charge in [0.05, 0.1) is 16.6 Å². The van der Waals surface area contributed by atoms with Crippen LogP contribution >= 0.6 is 11.6 Å². The number of hydrogen-bond donors (Lipinski definition) is 1. The summed E-state index contributed by atoms with van der Waals surface area (Å²) >= 11 is 5.76. The van der Waals surface area contributed by atoms with Crippen LogP contribution in [0.4, 0.5) is 11.5 Å². The van der Waals surface area contributed by atoms with Crippen molar-refractivity contribution in [3.05, 3.63) is 27.4 Å². The van der Waals surface area contributed by atoms with Gasteiger partial charge in [-0.1, -0.05) is 11.6 Å². The van der Waals surface area contributed by atoms with E-state index in [0.717, 1.165) is 0 Å². The first kappa shape index (κ1) is 15.5. The number of anilines is 1. The van der Waals surface area contributed by atoms with Gasteiger partial charge in [-0.3, -0.25) is 10.1 Å². The number of hydrogen-bond acceptors (Lipinski definition) is 7. The summed E-state index contributed by atoms with van der Waals surface area (Å²) in [7, 11) is 0. The van der Waals surface area contributed by atoms with Crippen molar-refractivity contribution < 1.29 is 14.5 Å². The molecule has 1 aliphatic rings. The van der Waals surface area contributed by atoms with Gasteiger partial charge < -0.3 is 15.0 Å². The van der Waals surface area contributed by atoms with E-state index in [2.05, 4.69) is 10.3 Å². The van der Waals surface area contributed by atoms with Crippen molar-refractivity contribution in [3.63, 3.8) is 0 Å². The number of rotatable bonds is 4. The van der Waals surface area contributed by atoms with E-state index >= 15 is 0 Å². The predicted molar refractivity (Wildman–Crippen MR) is 76.5 cm³/mol. The summed E-state index contributed by atoms with van der Waals surface area (Å²) in [6.07, 6.45) is 1.33. The maximum absolute atomic E-state index is 12.0. The molecule has 1 fully saturated rings. The van der Waals surface area contributed by atoms with Gasteiger partial charge in [0, 0.05) is 31.9 Å². The lowest BCUT2D eigenvalue weighted by atomic mass is 10.2. The Bertz CT molecular complexity index is 554. The molecule has 2 heterocycles. The molecule has 1 atom stereocenters. The molecule has 8 nitrogen and oxygen atoms in total. The standard InChI is InChI=1S/C12H15ClN4O4/c1-2-21-12(18)10-7-14-3-4-16(10)11-9(17(19)20)5-8(13)6-15-11/h5-6,10,14H,2-4,7H2,1H3. The first-order chi connectivity index (χ1) is 10.0. The van der Waals surface area contributed by atoms with Crippen molar-refractivity contribution in [2.45, 2.75) is 13.0 Å². The maximum atomic E-state index is 12.0. The molecule has 0 aromatic carbocycles. The second-order valence-electron chi connectivity index (χ2n) is 4.42. The number of esters is 1. The smallest absolute Gasteiger partial charge is 0.330 e. The highest BCUT2D eigenvalue weighted by Gasteiger charge is 2.34. The molecule has 0 aliphatic carbocycles. The molecule has 0 bridgehead atoms. The topological polar surface area (TPSA) is 97.6 Å². The molecular formula is C12H15ClN4O4. The lowest BCUT2D eigenvalue weighted by Gasteiger charge is -2.34. The van der Waals surface area contributed by atoms with Crippen LogP contribution in [0.25, 0.3) is 0 Å². The first-order valence-electron chi connectivity index (χ1n) is 6.48. The van der Waals surface area contributed by atoms with Crippen LogP contribution in [0.5, 0.6) is 0 Å². The second kappa shape index (κ2) is 6.68. The molecule has 0 amide bonds. The van der Waals surface area contributed by atoms with E-state index in [9.17, 15) is 14.9 Å². The SMILES string of the molecule is CCOC(=O)C1CNCCN1c1ncc(Cl)cc1[N+](=O)[O-]. The van der Waals surface area contributed by atoms with Crippen LogP contribution < -0.4 is 10.2 Å². The number of nitrogens with one attached hydrogen (secondary N) is 1. The largest absolute Gasteiger partial charge is 0.464 e. The first-order valence-corrected chi connectivity index (χ1v) is 6.86. The molecule has 1 aliphatic heterocycles. The van der Waals surface area contributed by atoms with Crippen LogP contribution in [0.2, 0.25) is 5.02 Å². The fourth-order valence-electron chi connectivity index (χ4n) is 2.18. The zero-order valence-electron chi connectivity index (χ0n) is 11.4. The minimum absolute atomic E-state index is 0.129. The zero-order chi connectivity index (χ0) is 15.4. The monoisotopic (exact) mass is 314 g/mol. The number of carbonyl (C=O) groups is 1. The maximum Gasteiger partial charge on any atom is 0.330 e. The molecule has 9 heteroatoms. The van der Waals surface area contributed by atoms with Crippen LogP contribution in [0.1, 0.15) is 6.92 Å². The summed E-state index contributed by atoms with van der Waals surface area (Å²) in [4.78, 5) is 28.2. The molecule has 0 saturated carbocycles. The number of carbonyl (C=O) groups excluding carboxylic acids is 1. The predicted octanol–water partition coefficient (Wildman–Crippen LogP) is 0.984. The summed E-state index contributed by atoms with van der Waals surface area (Å²) in [6, 6.07) is 0.583. The van der Waals surface area contributed by atoms with Gasteiger partial charge in [0.1, 0.15) is 6.04 Å². The average Bonchev–Trinajstić information content (AvgIpc) is 2.47. The number of piperazine rings is 1. The number of halogens is 1. The Morgan fingerprint density at radius 2 is 2.48 bits per heavy atom. The van der Waals surface area contributed by atoms with Crippen LogP contribution in [-0.4, -0.2) is 48.2 Å². The van der Waals surface area contributed by atoms with Crippen LogP contribution in [-0.2, 0) is 9.53 Å². The molecule has 1 unspecified atom stereocenters. The molecule has 21 heavy (non-hydrogen) atoms. The van der Waals surface area contributed by atoms with Crippen molar-refractivity contribution in [2.24, 2.45) is 0 Å². The normalized spacial score (nSPS) is 18.4. The lowest BCUT2D eigenvalue weighted by Crippen LogP contribution is -2.56. The Morgan fingerprint density at radius 1 is 1.71 bits per heavy atom. The van der Waals surface area contributed by atoms with E-state index in [0.29, 0.717) is 19.6 Å². The van der Waals surface area contributed by atoms with Crippen molar-refractivity contribution in [1.29, 1.82) is 0 Å². The minimum Gasteiger partial charge on any atom is -0.464 e. The van der Waals surface area contributed by atoms with Crippen molar-refractivity contribution in [2.75, 3.05) is 31.1 Å². The third kappa shape index (κ3) is 3.40. The summed E-state index contributed by atoms with van der Waals surface area (Å²) in [5.41, 5.74) is -0.223.